The number of ether oxygens (including phenoxy) is 2. The first-order valence-corrected chi connectivity index (χ1v) is 8.87. The maximum Gasteiger partial charge on any atom is 0.337 e. The highest BCUT2D eigenvalue weighted by Crippen LogP contribution is 2.31. The molecule has 7 nitrogen and oxygen atoms in total. The quantitative estimate of drug-likeness (QED) is 0.582. The lowest BCUT2D eigenvalue weighted by molar-refractivity contribution is -0.116. The molecule has 0 fully saturated rings. The van der Waals surface area contributed by atoms with Gasteiger partial charge in [0.1, 0.15) is 11.5 Å². The minimum atomic E-state index is -1.14. The van der Waals surface area contributed by atoms with Crippen molar-refractivity contribution in [3.63, 3.8) is 0 Å². The first-order valence-electron chi connectivity index (χ1n) is 8.08. The molecular formula is C19H20BrNO6. The lowest BCUT2D eigenvalue weighted by Gasteiger charge is -2.16. The predicted octanol–water partition coefficient (Wildman–Crippen LogP) is 3.62. The van der Waals surface area contributed by atoms with Crippen molar-refractivity contribution < 1.29 is 29.3 Å². The van der Waals surface area contributed by atoms with Gasteiger partial charge in [-0.05, 0) is 36.8 Å². The number of carbonyl (C=O) groups is 2. The molecule has 0 saturated heterocycles. The van der Waals surface area contributed by atoms with E-state index in [0.717, 1.165) is 0 Å². The van der Waals surface area contributed by atoms with E-state index in [0.29, 0.717) is 21.5 Å². The zero-order chi connectivity index (χ0) is 20.0. The van der Waals surface area contributed by atoms with E-state index in [2.05, 4.69) is 21.2 Å². The van der Waals surface area contributed by atoms with E-state index in [9.17, 15) is 19.8 Å². The van der Waals surface area contributed by atoms with Gasteiger partial charge >= 0.3 is 5.97 Å². The fraction of sp³-hybridized carbons (Fsp3) is 0.263. The zero-order valence-electron chi connectivity index (χ0n) is 14.9. The molecule has 0 aliphatic rings. The maximum atomic E-state index is 12.2. The summed E-state index contributed by atoms with van der Waals surface area (Å²) in [7, 11) is 3.02. The summed E-state index contributed by atoms with van der Waals surface area (Å²) in [6.45, 7) is 0. The van der Waals surface area contributed by atoms with Crippen molar-refractivity contribution in [1.29, 1.82) is 0 Å². The number of aliphatic hydroxyl groups excluding tert-OH is 1. The minimum Gasteiger partial charge on any atom is -0.497 e. The normalized spacial score (nSPS) is 11.6. The van der Waals surface area contributed by atoms with E-state index in [4.69, 9.17) is 9.47 Å². The first-order chi connectivity index (χ1) is 12.8. The van der Waals surface area contributed by atoms with Crippen molar-refractivity contribution in [2.24, 2.45) is 0 Å². The lowest BCUT2D eigenvalue weighted by atomic mass is 10.0. The Morgan fingerprint density at radius 3 is 2.52 bits per heavy atom. The van der Waals surface area contributed by atoms with Gasteiger partial charge in [-0.15, -0.1) is 0 Å². The lowest BCUT2D eigenvalue weighted by Crippen LogP contribution is -2.15. The number of hydrogen-bond acceptors (Lipinski definition) is 5. The van der Waals surface area contributed by atoms with Crippen molar-refractivity contribution in [2.45, 2.75) is 18.9 Å². The van der Waals surface area contributed by atoms with Crippen molar-refractivity contribution >= 4 is 33.5 Å². The van der Waals surface area contributed by atoms with Crippen molar-refractivity contribution in [1.82, 2.24) is 0 Å². The van der Waals surface area contributed by atoms with Crippen LogP contribution in [-0.2, 0) is 4.79 Å². The number of aromatic carboxylic acids is 1. The van der Waals surface area contributed by atoms with Crippen LogP contribution < -0.4 is 14.8 Å². The summed E-state index contributed by atoms with van der Waals surface area (Å²) in [6.07, 6.45) is -0.765. The Morgan fingerprint density at radius 1 is 1.15 bits per heavy atom. The second-order valence-corrected chi connectivity index (χ2v) is 6.62. The van der Waals surface area contributed by atoms with Crippen LogP contribution in [-0.4, -0.2) is 36.3 Å². The summed E-state index contributed by atoms with van der Waals surface area (Å²) in [4.78, 5) is 23.5. The smallest absolute Gasteiger partial charge is 0.337 e. The maximum absolute atomic E-state index is 12.2. The van der Waals surface area contributed by atoms with E-state index in [-0.39, 0.29) is 24.1 Å². The number of carboxylic acid groups (broad SMARTS) is 1. The third kappa shape index (κ3) is 5.45. The number of halogens is 1. The number of aliphatic hydroxyl groups is 1. The molecule has 3 N–H and O–H groups in total. The monoisotopic (exact) mass is 437 g/mol. The van der Waals surface area contributed by atoms with Gasteiger partial charge in [-0.25, -0.2) is 4.79 Å². The molecule has 8 heteroatoms. The summed E-state index contributed by atoms with van der Waals surface area (Å²) < 4.78 is 11.0. The number of hydrogen-bond donors (Lipinski definition) is 3. The van der Waals surface area contributed by atoms with Gasteiger partial charge in [-0.1, -0.05) is 15.9 Å². The Bertz CT molecular complexity index is 839. The topological polar surface area (TPSA) is 105 Å². The SMILES string of the molecule is COc1ccc(C(O)CCC(=O)Nc2ccc(Br)cc2C(=O)O)c(OC)c1. The standard InChI is InChI=1S/C19H20BrNO6/c1-26-12-4-5-13(17(10-12)27-2)16(22)7-8-18(23)21-15-6-3-11(20)9-14(15)19(24)25/h3-6,9-10,16,22H,7-8H2,1-2H3,(H,21,23)(H,24,25). The van der Waals surface area contributed by atoms with Crippen LogP contribution in [0.4, 0.5) is 5.69 Å². The highest BCUT2D eigenvalue weighted by atomic mass is 79.9. The van der Waals surface area contributed by atoms with Gasteiger partial charge in [-0.3, -0.25) is 4.79 Å². The Balaban J connectivity index is 2.03. The van der Waals surface area contributed by atoms with Crippen LogP contribution in [0.5, 0.6) is 11.5 Å². The molecule has 2 aromatic rings. The Labute approximate surface area is 165 Å². The number of methoxy groups -OCH3 is 2. The molecule has 1 atom stereocenters. The number of benzene rings is 2. The molecule has 1 unspecified atom stereocenters. The minimum absolute atomic E-state index is 0.00543. The summed E-state index contributed by atoms with van der Waals surface area (Å²) >= 11 is 3.20. The van der Waals surface area contributed by atoms with Crippen LogP contribution in [0, 0.1) is 0 Å². The molecule has 0 bridgehead atoms. The van der Waals surface area contributed by atoms with E-state index >= 15 is 0 Å². The Kier molecular flexibility index (Phi) is 7.20. The molecule has 2 rings (SSSR count). The molecule has 0 spiro atoms. The predicted molar refractivity (Wildman–Crippen MR) is 103 cm³/mol. The summed E-state index contributed by atoms with van der Waals surface area (Å²) in [5.74, 6) is -0.485. The Morgan fingerprint density at radius 2 is 1.89 bits per heavy atom. The fourth-order valence-electron chi connectivity index (χ4n) is 2.53. The number of carbonyl (C=O) groups excluding carboxylic acids is 1. The van der Waals surface area contributed by atoms with Gasteiger partial charge in [-0.2, -0.15) is 0 Å². The van der Waals surface area contributed by atoms with Gasteiger partial charge < -0.3 is 25.0 Å². The largest absolute Gasteiger partial charge is 0.497 e. The van der Waals surface area contributed by atoms with E-state index in [1.807, 2.05) is 0 Å². The summed E-state index contributed by atoms with van der Waals surface area (Å²) in [5.41, 5.74) is 0.725. The highest BCUT2D eigenvalue weighted by Gasteiger charge is 2.17. The molecule has 1 amide bonds. The van der Waals surface area contributed by atoms with Crippen molar-refractivity contribution in [2.75, 3.05) is 19.5 Å². The number of anilines is 1. The molecular weight excluding hydrogens is 418 g/mol. The van der Waals surface area contributed by atoms with E-state index < -0.39 is 18.0 Å². The third-order valence-electron chi connectivity index (χ3n) is 3.93. The number of rotatable bonds is 8. The molecule has 2 aromatic carbocycles. The van der Waals surface area contributed by atoms with Gasteiger partial charge in [0.2, 0.25) is 5.91 Å². The Hall–Kier alpha value is -2.58. The van der Waals surface area contributed by atoms with Crippen LogP contribution in [0.25, 0.3) is 0 Å². The molecule has 27 heavy (non-hydrogen) atoms. The van der Waals surface area contributed by atoms with Gasteiger partial charge in [0, 0.05) is 22.5 Å². The number of nitrogens with one attached hydrogen (secondary N) is 1. The first kappa shape index (κ1) is 20.7. The summed E-state index contributed by atoms with van der Waals surface area (Å²) in [5, 5.41) is 22.2. The summed E-state index contributed by atoms with van der Waals surface area (Å²) in [6, 6.07) is 9.59. The van der Waals surface area contributed by atoms with Gasteiger partial charge in [0.25, 0.3) is 0 Å². The van der Waals surface area contributed by atoms with Crippen LogP contribution in [0.1, 0.15) is 34.9 Å². The zero-order valence-corrected chi connectivity index (χ0v) is 16.4. The van der Waals surface area contributed by atoms with Gasteiger partial charge in [0.15, 0.2) is 0 Å². The highest BCUT2D eigenvalue weighted by molar-refractivity contribution is 9.10. The molecule has 0 saturated carbocycles. The molecule has 0 radical (unpaired) electrons. The average Bonchev–Trinajstić information content (AvgIpc) is 2.66. The average molecular weight is 438 g/mol. The molecule has 144 valence electrons. The number of amides is 1. The van der Waals surface area contributed by atoms with Crippen molar-refractivity contribution in [3.8, 4) is 11.5 Å². The number of carboxylic acids is 1. The molecule has 0 heterocycles. The van der Waals surface area contributed by atoms with E-state index in [1.165, 1.54) is 26.4 Å². The van der Waals surface area contributed by atoms with Crippen LogP contribution in [0.15, 0.2) is 40.9 Å². The van der Waals surface area contributed by atoms with Crippen molar-refractivity contribution in [3.05, 3.63) is 52.0 Å². The van der Waals surface area contributed by atoms with Crippen LogP contribution in [0.2, 0.25) is 0 Å². The van der Waals surface area contributed by atoms with Crippen LogP contribution >= 0.6 is 15.9 Å². The molecule has 0 aromatic heterocycles. The van der Waals surface area contributed by atoms with Gasteiger partial charge in [0.05, 0.1) is 31.6 Å². The second-order valence-electron chi connectivity index (χ2n) is 5.71. The molecule has 0 aliphatic carbocycles. The van der Waals surface area contributed by atoms with E-state index in [1.54, 1.807) is 24.3 Å². The van der Waals surface area contributed by atoms with Crippen LogP contribution in [0.3, 0.4) is 0 Å². The third-order valence-corrected chi connectivity index (χ3v) is 4.42. The second kappa shape index (κ2) is 9.38. The molecule has 0 aliphatic heterocycles. The fourth-order valence-corrected chi connectivity index (χ4v) is 2.89.